The number of aryl methyl sites for hydroxylation is 1. The molecule has 0 radical (unpaired) electrons. The van der Waals surface area contributed by atoms with Gasteiger partial charge in [-0.2, -0.15) is 5.10 Å². The molecule has 2 fully saturated rings. The van der Waals surface area contributed by atoms with E-state index in [0.29, 0.717) is 17.9 Å². The van der Waals surface area contributed by atoms with Crippen molar-refractivity contribution in [1.29, 1.82) is 0 Å². The molecule has 18 heavy (non-hydrogen) atoms. The molecule has 1 amide bonds. The summed E-state index contributed by atoms with van der Waals surface area (Å²) < 4.78 is 1.80. The van der Waals surface area contributed by atoms with Gasteiger partial charge in [-0.1, -0.05) is 6.92 Å². The fourth-order valence-corrected chi connectivity index (χ4v) is 2.58. The number of hydrogen-bond donors (Lipinski definition) is 0. The maximum atomic E-state index is 12.5. The molecule has 1 aromatic heterocycles. The predicted octanol–water partition coefficient (Wildman–Crippen LogP) is 1.96. The zero-order valence-electron chi connectivity index (χ0n) is 11.2. The second-order valence-corrected chi connectivity index (χ2v) is 5.85. The normalized spacial score (nSPS) is 20.8. The summed E-state index contributed by atoms with van der Waals surface area (Å²) in [5, 5.41) is 4.18. The summed E-state index contributed by atoms with van der Waals surface area (Å²) >= 11 is 0. The minimum Gasteiger partial charge on any atom is -0.335 e. The first-order valence-electron chi connectivity index (χ1n) is 6.93. The van der Waals surface area contributed by atoms with Crippen LogP contribution in [0.15, 0.2) is 12.4 Å². The van der Waals surface area contributed by atoms with E-state index in [2.05, 4.69) is 16.9 Å². The van der Waals surface area contributed by atoms with Crippen molar-refractivity contribution in [2.24, 2.45) is 18.9 Å². The van der Waals surface area contributed by atoms with Gasteiger partial charge in [-0.3, -0.25) is 9.48 Å². The second-order valence-electron chi connectivity index (χ2n) is 5.85. The molecule has 0 aromatic carbocycles. The molecule has 0 spiro atoms. The quantitative estimate of drug-likeness (QED) is 0.797. The van der Waals surface area contributed by atoms with E-state index < -0.39 is 0 Å². The second kappa shape index (κ2) is 4.41. The zero-order chi connectivity index (χ0) is 12.7. The largest absolute Gasteiger partial charge is 0.335 e. The molecule has 4 nitrogen and oxygen atoms in total. The summed E-state index contributed by atoms with van der Waals surface area (Å²) in [4.78, 5) is 14.6. The first-order chi connectivity index (χ1) is 8.65. The predicted molar refractivity (Wildman–Crippen MR) is 68.7 cm³/mol. The first kappa shape index (κ1) is 11.8. The Balaban J connectivity index is 1.69. The highest BCUT2D eigenvalue weighted by molar-refractivity contribution is 5.79. The average Bonchev–Trinajstić information content (AvgIpc) is 3.24. The molecule has 0 N–H and O–H groups in total. The van der Waals surface area contributed by atoms with E-state index in [1.54, 1.807) is 4.68 Å². The van der Waals surface area contributed by atoms with Crippen molar-refractivity contribution in [1.82, 2.24) is 14.7 Å². The van der Waals surface area contributed by atoms with Gasteiger partial charge in [0.25, 0.3) is 0 Å². The number of rotatable bonds is 5. The van der Waals surface area contributed by atoms with Crippen LogP contribution in [0.3, 0.4) is 0 Å². The summed E-state index contributed by atoms with van der Waals surface area (Å²) in [6.45, 7) is 2.83. The van der Waals surface area contributed by atoms with Gasteiger partial charge in [0.1, 0.15) is 0 Å². The van der Waals surface area contributed by atoms with E-state index in [1.165, 1.54) is 25.7 Å². The van der Waals surface area contributed by atoms with Crippen LogP contribution in [0, 0.1) is 11.8 Å². The topological polar surface area (TPSA) is 38.1 Å². The highest BCUT2D eigenvalue weighted by Gasteiger charge is 2.39. The maximum absolute atomic E-state index is 12.5. The van der Waals surface area contributed by atoms with Gasteiger partial charge in [-0.25, -0.2) is 0 Å². The Kier molecular flexibility index (Phi) is 2.88. The van der Waals surface area contributed by atoms with E-state index in [0.717, 1.165) is 12.1 Å². The Morgan fingerprint density at radius 3 is 2.72 bits per heavy atom. The van der Waals surface area contributed by atoms with Gasteiger partial charge in [-0.05, 0) is 31.6 Å². The van der Waals surface area contributed by atoms with Gasteiger partial charge in [0, 0.05) is 37.3 Å². The number of carbonyl (C=O) groups is 1. The Labute approximate surface area is 108 Å². The van der Waals surface area contributed by atoms with Crippen LogP contribution in [0.4, 0.5) is 0 Å². The lowest BCUT2D eigenvalue weighted by Crippen LogP contribution is -2.37. The van der Waals surface area contributed by atoms with Crippen molar-refractivity contribution in [3.05, 3.63) is 18.0 Å². The van der Waals surface area contributed by atoms with Crippen molar-refractivity contribution < 1.29 is 4.79 Å². The molecule has 1 atom stereocenters. The summed E-state index contributed by atoms with van der Waals surface area (Å²) in [6.07, 6.45) is 8.68. The minimum absolute atomic E-state index is 0.210. The van der Waals surface area contributed by atoms with Gasteiger partial charge in [0.05, 0.1) is 6.20 Å². The Morgan fingerprint density at radius 1 is 1.50 bits per heavy atom. The van der Waals surface area contributed by atoms with Gasteiger partial charge in [-0.15, -0.1) is 0 Å². The van der Waals surface area contributed by atoms with Gasteiger partial charge < -0.3 is 4.90 Å². The molecule has 3 rings (SSSR count). The third-order valence-electron chi connectivity index (χ3n) is 4.10. The molecule has 2 saturated carbocycles. The molecule has 2 aliphatic rings. The third kappa shape index (κ3) is 2.42. The van der Waals surface area contributed by atoms with Crippen molar-refractivity contribution in [3.63, 3.8) is 0 Å². The summed E-state index contributed by atoms with van der Waals surface area (Å²) in [5.74, 6) is 1.21. The van der Waals surface area contributed by atoms with Gasteiger partial charge in [0.15, 0.2) is 0 Å². The molecule has 0 bridgehead atoms. The smallest absolute Gasteiger partial charge is 0.226 e. The van der Waals surface area contributed by atoms with Crippen LogP contribution in [0.25, 0.3) is 0 Å². The van der Waals surface area contributed by atoms with Crippen LogP contribution in [-0.4, -0.2) is 26.6 Å². The van der Waals surface area contributed by atoms with Crippen molar-refractivity contribution >= 4 is 5.91 Å². The monoisotopic (exact) mass is 247 g/mol. The van der Waals surface area contributed by atoms with Crippen molar-refractivity contribution in [2.45, 2.75) is 45.2 Å². The molecule has 2 aliphatic carbocycles. The highest BCUT2D eigenvalue weighted by atomic mass is 16.2. The fourth-order valence-electron chi connectivity index (χ4n) is 2.58. The zero-order valence-corrected chi connectivity index (χ0v) is 11.2. The molecule has 4 heteroatoms. The number of aromatic nitrogens is 2. The average molecular weight is 247 g/mol. The van der Waals surface area contributed by atoms with Crippen LogP contribution in [0.1, 0.15) is 38.2 Å². The van der Waals surface area contributed by atoms with Crippen molar-refractivity contribution in [3.8, 4) is 0 Å². The number of nitrogens with zero attached hydrogens (tertiary/aromatic N) is 3. The lowest BCUT2D eigenvalue weighted by molar-refractivity contribution is -0.136. The minimum atomic E-state index is 0.210. The SMILES string of the molecule is CC(C(=O)N(Cc1cnn(C)c1)C1CC1)C1CC1. The molecule has 1 aromatic rings. The van der Waals surface area contributed by atoms with Crippen LogP contribution < -0.4 is 0 Å². The van der Waals surface area contributed by atoms with E-state index in [1.807, 2.05) is 19.4 Å². The van der Waals surface area contributed by atoms with E-state index >= 15 is 0 Å². The van der Waals surface area contributed by atoms with Crippen molar-refractivity contribution in [2.75, 3.05) is 0 Å². The van der Waals surface area contributed by atoms with Crippen LogP contribution in [-0.2, 0) is 18.4 Å². The number of amides is 1. The third-order valence-corrected chi connectivity index (χ3v) is 4.10. The van der Waals surface area contributed by atoms with Crippen LogP contribution in [0.2, 0.25) is 0 Å². The molecule has 1 heterocycles. The Hall–Kier alpha value is -1.32. The molecule has 1 unspecified atom stereocenters. The summed E-state index contributed by atoms with van der Waals surface area (Å²) in [6, 6.07) is 0.485. The van der Waals surface area contributed by atoms with E-state index in [-0.39, 0.29) is 5.92 Å². The van der Waals surface area contributed by atoms with E-state index in [9.17, 15) is 4.79 Å². The fraction of sp³-hybridized carbons (Fsp3) is 0.714. The number of hydrogen-bond acceptors (Lipinski definition) is 2. The molecule has 0 aliphatic heterocycles. The van der Waals surface area contributed by atoms with Gasteiger partial charge >= 0.3 is 0 Å². The number of carbonyl (C=O) groups excluding carboxylic acids is 1. The Morgan fingerprint density at radius 2 is 2.22 bits per heavy atom. The summed E-state index contributed by atoms with van der Waals surface area (Å²) in [7, 11) is 1.92. The van der Waals surface area contributed by atoms with Gasteiger partial charge in [0.2, 0.25) is 5.91 Å². The first-order valence-corrected chi connectivity index (χ1v) is 6.93. The molecular formula is C14H21N3O. The lowest BCUT2D eigenvalue weighted by atomic mass is 10.0. The molecule has 0 saturated heterocycles. The highest BCUT2D eigenvalue weighted by Crippen LogP contribution is 2.39. The van der Waals surface area contributed by atoms with Crippen LogP contribution >= 0.6 is 0 Å². The summed E-state index contributed by atoms with van der Waals surface area (Å²) in [5.41, 5.74) is 1.14. The standard InChI is InChI=1S/C14H21N3O/c1-10(12-3-4-12)14(18)17(13-5-6-13)9-11-7-15-16(2)8-11/h7-8,10,12-13H,3-6,9H2,1-2H3. The lowest BCUT2D eigenvalue weighted by Gasteiger charge is -2.25. The molecule has 98 valence electrons. The van der Waals surface area contributed by atoms with Crippen LogP contribution in [0.5, 0.6) is 0 Å². The molecular weight excluding hydrogens is 226 g/mol. The Bertz CT molecular complexity index is 446. The maximum Gasteiger partial charge on any atom is 0.226 e. The van der Waals surface area contributed by atoms with E-state index in [4.69, 9.17) is 0 Å².